The fourth-order valence-corrected chi connectivity index (χ4v) is 1.22. The maximum Gasteiger partial charge on any atom is 0.104 e. The number of hydrogen-bond donors (Lipinski definition) is 1. The van der Waals surface area contributed by atoms with Gasteiger partial charge in [0.2, 0.25) is 0 Å². The first-order valence-corrected chi connectivity index (χ1v) is 4.24. The number of H-pyrrole nitrogens is 1. The fraction of sp³-hybridized carbons (Fsp3) is 0.333. The number of rotatable bonds is 1. The number of aryl methyl sites for hydroxylation is 1. The molecule has 0 aromatic carbocycles. The van der Waals surface area contributed by atoms with Crippen molar-refractivity contribution in [2.24, 2.45) is 0 Å². The van der Waals surface area contributed by atoms with E-state index in [-0.39, 0.29) is 0 Å². The molecule has 0 saturated carbocycles. The van der Waals surface area contributed by atoms with Crippen LogP contribution in [0.5, 0.6) is 0 Å². The van der Waals surface area contributed by atoms with Gasteiger partial charge in [0.25, 0.3) is 0 Å². The molecule has 1 N–H and O–H groups in total. The summed E-state index contributed by atoms with van der Waals surface area (Å²) in [7, 11) is -0.864. The molecule has 50 valence electrons. The summed E-state index contributed by atoms with van der Waals surface area (Å²) in [6, 6.07) is 1.89. The predicted molar refractivity (Wildman–Crippen MR) is 37.9 cm³/mol. The highest BCUT2D eigenvalue weighted by atomic mass is 32.2. The van der Waals surface area contributed by atoms with Crippen LogP contribution in [0.2, 0.25) is 0 Å². The third kappa shape index (κ3) is 1.42. The standard InChI is InChI=1S/C6H9NOS/c1-5-3-6(7-4-5)9(2)8/h3-4,7H,1-2H3. The zero-order valence-corrected chi connectivity index (χ0v) is 6.29. The van der Waals surface area contributed by atoms with Gasteiger partial charge in [-0.25, -0.2) is 0 Å². The van der Waals surface area contributed by atoms with Crippen LogP contribution < -0.4 is 0 Å². The maximum absolute atomic E-state index is 10.7. The minimum atomic E-state index is -0.864. The van der Waals surface area contributed by atoms with E-state index >= 15 is 0 Å². The Bertz CT molecular complexity index is 229. The average molecular weight is 143 g/mol. The van der Waals surface area contributed by atoms with Crippen molar-refractivity contribution in [1.82, 2.24) is 4.98 Å². The molecule has 1 aromatic rings. The lowest BCUT2D eigenvalue weighted by Crippen LogP contribution is -1.84. The quantitative estimate of drug-likeness (QED) is 0.626. The zero-order chi connectivity index (χ0) is 6.85. The summed E-state index contributed by atoms with van der Waals surface area (Å²) in [5, 5.41) is 0.799. The van der Waals surface area contributed by atoms with Crippen molar-refractivity contribution in [2.75, 3.05) is 6.26 Å². The lowest BCUT2D eigenvalue weighted by Gasteiger charge is -1.84. The third-order valence-electron chi connectivity index (χ3n) is 1.11. The minimum absolute atomic E-state index is 0.799. The zero-order valence-electron chi connectivity index (χ0n) is 5.47. The van der Waals surface area contributed by atoms with Crippen LogP contribution in [0.25, 0.3) is 0 Å². The Kier molecular flexibility index (Phi) is 1.71. The lowest BCUT2D eigenvalue weighted by molar-refractivity contribution is 0.684. The summed E-state index contributed by atoms with van der Waals surface area (Å²) < 4.78 is 10.7. The first-order chi connectivity index (χ1) is 4.20. The largest absolute Gasteiger partial charge is 0.354 e. The maximum atomic E-state index is 10.7. The Balaban J connectivity index is 2.98. The van der Waals surface area contributed by atoms with E-state index in [4.69, 9.17) is 0 Å². The fourth-order valence-electron chi connectivity index (χ4n) is 0.641. The van der Waals surface area contributed by atoms with E-state index in [1.807, 2.05) is 19.2 Å². The molecule has 0 amide bonds. The van der Waals surface area contributed by atoms with Crippen molar-refractivity contribution in [2.45, 2.75) is 11.9 Å². The van der Waals surface area contributed by atoms with Crippen LogP contribution >= 0.6 is 0 Å². The highest BCUT2D eigenvalue weighted by Gasteiger charge is 1.96. The molecule has 0 radical (unpaired) electrons. The highest BCUT2D eigenvalue weighted by Crippen LogP contribution is 2.03. The van der Waals surface area contributed by atoms with E-state index in [2.05, 4.69) is 4.98 Å². The van der Waals surface area contributed by atoms with Gasteiger partial charge >= 0.3 is 0 Å². The van der Waals surface area contributed by atoms with Gasteiger partial charge in [0.05, 0.1) is 10.8 Å². The molecule has 0 fully saturated rings. The third-order valence-corrected chi connectivity index (χ3v) is 1.97. The van der Waals surface area contributed by atoms with Gasteiger partial charge in [-0.15, -0.1) is 0 Å². The summed E-state index contributed by atoms with van der Waals surface area (Å²) in [5.74, 6) is 0. The van der Waals surface area contributed by atoms with Crippen molar-refractivity contribution < 1.29 is 4.21 Å². The molecule has 0 saturated heterocycles. The Morgan fingerprint density at radius 2 is 2.33 bits per heavy atom. The van der Waals surface area contributed by atoms with Crippen LogP contribution in [0.1, 0.15) is 5.56 Å². The Morgan fingerprint density at radius 3 is 2.56 bits per heavy atom. The first kappa shape index (κ1) is 6.55. The van der Waals surface area contributed by atoms with Crippen LogP contribution in [0.4, 0.5) is 0 Å². The molecule has 3 heteroatoms. The molecule has 0 bridgehead atoms. The van der Waals surface area contributed by atoms with Crippen LogP contribution in [-0.2, 0) is 10.8 Å². The summed E-state index contributed by atoms with van der Waals surface area (Å²) >= 11 is 0. The predicted octanol–water partition coefficient (Wildman–Crippen LogP) is 1.06. The Morgan fingerprint density at radius 1 is 1.67 bits per heavy atom. The van der Waals surface area contributed by atoms with Gasteiger partial charge in [-0.3, -0.25) is 4.21 Å². The minimum Gasteiger partial charge on any atom is -0.354 e. The van der Waals surface area contributed by atoms with Gasteiger partial charge in [-0.1, -0.05) is 0 Å². The van der Waals surface area contributed by atoms with E-state index in [1.54, 1.807) is 6.26 Å². The summed E-state index contributed by atoms with van der Waals surface area (Å²) in [6.07, 6.45) is 3.50. The molecular weight excluding hydrogens is 134 g/mol. The van der Waals surface area contributed by atoms with E-state index in [1.165, 1.54) is 0 Å². The van der Waals surface area contributed by atoms with Crippen molar-refractivity contribution in [1.29, 1.82) is 0 Å². The van der Waals surface area contributed by atoms with Gasteiger partial charge in [0, 0.05) is 12.5 Å². The number of hydrogen-bond acceptors (Lipinski definition) is 1. The van der Waals surface area contributed by atoms with E-state index in [0.29, 0.717) is 0 Å². The van der Waals surface area contributed by atoms with Crippen molar-refractivity contribution >= 4 is 10.8 Å². The average Bonchev–Trinajstić information content (AvgIpc) is 2.14. The van der Waals surface area contributed by atoms with Crippen molar-refractivity contribution in [3.63, 3.8) is 0 Å². The van der Waals surface area contributed by atoms with Gasteiger partial charge in [-0.2, -0.15) is 0 Å². The second-order valence-corrected chi connectivity index (χ2v) is 3.34. The molecule has 1 rings (SSSR count). The molecule has 1 aromatic heterocycles. The molecule has 0 aliphatic heterocycles. The number of nitrogens with one attached hydrogen (secondary N) is 1. The van der Waals surface area contributed by atoms with Crippen molar-refractivity contribution in [3.05, 3.63) is 17.8 Å². The summed E-state index contributed by atoms with van der Waals surface area (Å²) in [6.45, 7) is 1.97. The molecule has 1 unspecified atom stereocenters. The van der Waals surface area contributed by atoms with Gasteiger partial charge < -0.3 is 4.98 Å². The lowest BCUT2D eigenvalue weighted by atomic mass is 10.4. The highest BCUT2D eigenvalue weighted by molar-refractivity contribution is 7.84. The van der Waals surface area contributed by atoms with Crippen LogP contribution in [0.3, 0.4) is 0 Å². The van der Waals surface area contributed by atoms with Gasteiger partial charge in [0.15, 0.2) is 0 Å². The molecule has 0 aliphatic rings. The second-order valence-electron chi connectivity index (χ2n) is 2.00. The SMILES string of the molecule is Cc1c[nH]c(S(C)=O)c1. The summed E-state index contributed by atoms with van der Waals surface area (Å²) in [5.41, 5.74) is 1.13. The smallest absolute Gasteiger partial charge is 0.104 e. The van der Waals surface area contributed by atoms with Gasteiger partial charge in [-0.05, 0) is 18.6 Å². The van der Waals surface area contributed by atoms with E-state index in [9.17, 15) is 4.21 Å². The van der Waals surface area contributed by atoms with E-state index in [0.717, 1.165) is 10.6 Å². The number of aromatic nitrogens is 1. The van der Waals surface area contributed by atoms with E-state index < -0.39 is 10.8 Å². The normalized spacial score (nSPS) is 13.6. The molecular formula is C6H9NOS. The van der Waals surface area contributed by atoms with Crippen LogP contribution in [-0.4, -0.2) is 15.4 Å². The molecule has 0 aliphatic carbocycles. The molecule has 9 heavy (non-hydrogen) atoms. The Labute approximate surface area is 56.7 Å². The second kappa shape index (κ2) is 2.35. The monoisotopic (exact) mass is 143 g/mol. The number of aromatic amines is 1. The van der Waals surface area contributed by atoms with Gasteiger partial charge in [0.1, 0.15) is 5.03 Å². The van der Waals surface area contributed by atoms with Crippen LogP contribution in [0.15, 0.2) is 17.3 Å². The topological polar surface area (TPSA) is 32.9 Å². The summed E-state index contributed by atoms with van der Waals surface area (Å²) in [4.78, 5) is 2.90. The first-order valence-electron chi connectivity index (χ1n) is 2.68. The Hall–Kier alpha value is -0.570. The molecule has 0 spiro atoms. The van der Waals surface area contributed by atoms with Crippen molar-refractivity contribution in [3.8, 4) is 0 Å². The van der Waals surface area contributed by atoms with Crippen LogP contribution in [0, 0.1) is 6.92 Å². The molecule has 1 atom stereocenters. The molecule has 1 heterocycles. The molecule has 2 nitrogen and oxygen atoms in total.